The first-order valence-corrected chi connectivity index (χ1v) is 5.15. The molecule has 0 bridgehead atoms. The topological polar surface area (TPSA) is 17.1 Å². The summed E-state index contributed by atoms with van der Waals surface area (Å²) in [4.78, 5) is 10.4. The number of carbonyl (C=O) groups excluding carboxylic acids is 1. The molecule has 1 aromatic rings. The molecule has 0 saturated carbocycles. The van der Waals surface area contributed by atoms with Gasteiger partial charge in [0.15, 0.2) is 0 Å². The van der Waals surface area contributed by atoms with Crippen molar-refractivity contribution < 1.29 is 4.79 Å². The summed E-state index contributed by atoms with van der Waals surface area (Å²) < 4.78 is 0. The molecule has 0 aromatic heterocycles. The molecule has 76 valence electrons. The average Bonchev–Trinajstić information content (AvgIpc) is 2.19. The summed E-state index contributed by atoms with van der Waals surface area (Å²) in [5.41, 5.74) is 4.00. The molecule has 1 aromatic carbocycles. The Kier molecular flexibility index (Phi) is 3.87. The zero-order valence-corrected chi connectivity index (χ0v) is 9.21. The highest BCUT2D eigenvalue weighted by atomic mass is 16.1. The smallest absolute Gasteiger partial charge is 0.122 e. The molecule has 0 aliphatic rings. The molecule has 0 radical (unpaired) electrons. The second kappa shape index (κ2) is 4.94. The Morgan fingerprint density at radius 1 is 1.29 bits per heavy atom. The first kappa shape index (κ1) is 11.0. The van der Waals surface area contributed by atoms with E-state index in [0.29, 0.717) is 0 Å². The molecule has 1 rings (SSSR count). The van der Waals surface area contributed by atoms with Crippen LogP contribution in [-0.4, -0.2) is 6.29 Å². The molecule has 0 N–H and O–H groups in total. The van der Waals surface area contributed by atoms with Crippen LogP contribution >= 0.6 is 0 Å². The van der Waals surface area contributed by atoms with Gasteiger partial charge in [0, 0.05) is 5.92 Å². The van der Waals surface area contributed by atoms with E-state index in [4.69, 9.17) is 0 Å². The number of aldehydes is 1. The van der Waals surface area contributed by atoms with Crippen LogP contribution in [0.1, 0.15) is 30.0 Å². The molecule has 0 spiro atoms. The van der Waals surface area contributed by atoms with Crippen molar-refractivity contribution in [2.24, 2.45) is 5.92 Å². The molecule has 0 aliphatic heterocycles. The van der Waals surface area contributed by atoms with E-state index in [0.717, 1.165) is 19.1 Å². The third kappa shape index (κ3) is 2.99. The number of hydrogen-bond acceptors (Lipinski definition) is 1. The predicted molar refractivity (Wildman–Crippen MR) is 59.5 cm³/mol. The van der Waals surface area contributed by atoms with Crippen molar-refractivity contribution in [3.8, 4) is 0 Å². The van der Waals surface area contributed by atoms with Crippen LogP contribution in [-0.2, 0) is 11.2 Å². The van der Waals surface area contributed by atoms with Crippen molar-refractivity contribution >= 4 is 6.29 Å². The molecule has 14 heavy (non-hydrogen) atoms. The summed E-state index contributed by atoms with van der Waals surface area (Å²) in [7, 11) is 0. The van der Waals surface area contributed by atoms with Crippen LogP contribution in [0.25, 0.3) is 0 Å². The maximum Gasteiger partial charge on any atom is 0.122 e. The highest BCUT2D eigenvalue weighted by Crippen LogP contribution is 2.13. The number of rotatable bonds is 4. The molecule has 0 aliphatic carbocycles. The van der Waals surface area contributed by atoms with E-state index in [9.17, 15) is 4.79 Å². The molecule has 0 amide bonds. The lowest BCUT2D eigenvalue weighted by molar-refractivity contribution is -0.110. The van der Waals surface area contributed by atoms with Crippen LogP contribution < -0.4 is 0 Å². The molecule has 1 unspecified atom stereocenters. The zero-order valence-electron chi connectivity index (χ0n) is 9.21. The fraction of sp³-hybridized carbons (Fsp3) is 0.462. The Morgan fingerprint density at radius 3 is 2.57 bits per heavy atom. The van der Waals surface area contributed by atoms with Gasteiger partial charge in [0.05, 0.1) is 0 Å². The van der Waals surface area contributed by atoms with Gasteiger partial charge >= 0.3 is 0 Å². The highest BCUT2D eigenvalue weighted by molar-refractivity contribution is 5.52. The van der Waals surface area contributed by atoms with E-state index < -0.39 is 0 Å². The Balaban J connectivity index is 2.59. The van der Waals surface area contributed by atoms with Gasteiger partial charge in [0.1, 0.15) is 6.29 Å². The van der Waals surface area contributed by atoms with Crippen LogP contribution in [0.5, 0.6) is 0 Å². The van der Waals surface area contributed by atoms with Crippen LogP contribution in [0, 0.1) is 19.8 Å². The standard InChI is InChI=1S/C13H18O/c1-10(9-14)4-6-13-7-5-11(2)12(3)8-13/h5,7-10H,4,6H2,1-3H3. The second-order valence-corrected chi connectivity index (χ2v) is 4.07. The Hall–Kier alpha value is -1.11. The monoisotopic (exact) mass is 190 g/mol. The van der Waals surface area contributed by atoms with Crippen molar-refractivity contribution in [3.05, 3.63) is 34.9 Å². The third-order valence-corrected chi connectivity index (χ3v) is 2.69. The van der Waals surface area contributed by atoms with Crippen LogP contribution in [0.2, 0.25) is 0 Å². The minimum Gasteiger partial charge on any atom is -0.303 e. The Labute approximate surface area is 86.1 Å². The largest absolute Gasteiger partial charge is 0.303 e. The number of carbonyl (C=O) groups is 1. The summed E-state index contributed by atoms with van der Waals surface area (Å²) in [5.74, 6) is 0.177. The maximum absolute atomic E-state index is 10.4. The Morgan fingerprint density at radius 2 is 2.00 bits per heavy atom. The molecule has 1 atom stereocenters. The SMILES string of the molecule is Cc1ccc(CCC(C)C=O)cc1C. The highest BCUT2D eigenvalue weighted by Gasteiger charge is 2.01. The third-order valence-electron chi connectivity index (χ3n) is 2.69. The van der Waals surface area contributed by atoms with Crippen LogP contribution in [0.3, 0.4) is 0 Å². The molecule has 0 saturated heterocycles. The molecule has 1 heteroatoms. The predicted octanol–water partition coefficient (Wildman–Crippen LogP) is 3.07. The summed E-state index contributed by atoms with van der Waals surface area (Å²) in [6, 6.07) is 6.52. The van der Waals surface area contributed by atoms with Gasteiger partial charge < -0.3 is 4.79 Å². The van der Waals surface area contributed by atoms with Crippen molar-refractivity contribution in [1.29, 1.82) is 0 Å². The normalized spacial score (nSPS) is 12.5. The summed E-state index contributed by atoms with van der Waals surface area (Å²) in [5, 5.41) is 0. The van der Waals surface area contributed by atoms with Gasteiger partial charge in [-0.15, -0.1) is 0 Å². The van der Waals surface area contributed by atoms with E-state index in [1.165, 1.54) is 16.7 Å². The van der Waals surface area contributed by atoms with E-state index >= 15 is 0 Å². The molecule has 0 heterocycles. The van der Waals surface area contributed by atoms with Crippen molar-refractivity contribution in [2.45, 2.75) is 33.6 Å². The van der Waals surface area contributed by atoms with Crippen molar-refractivity contribution in [3.63, 3.8) is 0 Å². The average molecular weight is 190 g/mol. The van der Waals surface area contributed by atoms with Crippen molar-refractivity contribution in [2.75, 3.05) is 0 Å². The van der Waals surface area contributed by atoms with Gasteiger partial charge in [-0.25, -0.2) is 0 Å². The molecule has 1 nitrogen and oxygen atoms in total. The summed E-state index contributed by atoms with van der Waals surface area (Å²) in [6.45, 7) is 6.21. The second-order valence-electron chi connectivity index (χ2n) is 4.07. The van der Waals surface area contributed by atoms with E-state index in [2.05, 4.69) is 32.0 Å². The number of benzene rings is 1. The maximum atomic E-state index is 10.4. The van der Waals surface area contributed by atoms with Crippen LogP contribution in [0.4, 0.5) is 0 Å². The summed E-state index contributed by atoms with van der Waals surface area (Å²) in [6.07, 6.45) is 2.98. The minimum absolute atomic E-state index is 0.177. The number of hydrogen-bond donors (Lipinski definition) is 0. The Bertz CT molecular complexity index is 315. The van der Waals surface area contributed by atoms with Gasteiger partial charge in [-0.2, -0.15) is 0 Å². The lowest BCUT2D eigenvalue weighted by Gasteiger charge is -2.06. The first-order valence-electron chi connectivity index (χ1n) is 5.15. The van der Waals surface area contributed by atoms with Gasteiger partial charge in [0.2, 0.25) is 0 Å². The number of aryl methyl sites for hydroxylation is 3. The van der Waals surface area contributed by atoms with Gasteiger partial charge in [-0.3, -0.25) is 0 Å². The van der Waals surface area contributed by atoms with Gasteiger partial charge in [0.25, 0.3) is 0 Å². The van der Waals surface area contributed by atoms with Gasteiger partial charge in [-0.1, -0.05) is 25.1 Å². The first-order chi connectivity index (χ1) is 6.63. The molecular weight excluding hydrogens is 172 g/mol. The van der Waals surface area contributed by atoms with Gasteiger partial charge in [-0.05, 0) is 43.4 Å². The zero-order chi connectivity index (χ0) is 10.6. The lowest BCUT2D eigenvalue weighted by atomic mass is 9.99. The van der Waals surface area contributed by atoms with Crippen molar-refractivity contribution in [1.82, 2.24) is 0 Å². The van der Waals surface area contributed by atoms with E-state index in [-0.39, 0.29) is 5.92 Å². The fourth-order valence-corrected chi connectivity index (χ4v) is 1.42. The summed E-state index contributed by atoms with van der Waals surface area (Å²) >= 11 is 0. The quantitative estimate of drug-likeness (QED) is 0.667. The van der Waals surface area contributed by atoms with E-state index in [1.807, 2.05) is 6.92 Å². The van der Waals surface area contributed by atoms with Crippen LogP contribution in [0.15, 0.2) is 18.2 Å². The van der Waals surface area contributed by atoms with E-state index in [1.54, 1.807) is 0 Å². The molecule has 0 fully saturated rings. The fourth-order valence-electron chi connectivity index (χ4n) is 1.42. The minimum atomic E-state index is 0.177. The molecular formula is C13H18O. The lowest BCUT2D eigenvalue weighted by Crippen LogP contribution is -1.98.